The van der Waals surface area contributed by atoms with Crippen LogP contribution in [0.15, 0.2) is 22.7 Å². The highest BCUT2D eigenvalue weighted by atomic mass is 79.9. The first-order chi connectivity index (χ1) is 7.19. The van der Waals surface area contributed by atoms with Crippen molar-refractivity contribution in [1.29, 1.82) is 5.26 Å². The number of hydrogen-bond acceptors (Lipinski definition) is 3. The number of halogens is 1. The van der Waals surface area contributed by atoms with Gasteiger partial charge < -0.3 is 9.84 Å². The summed E-state index contributed by atoms with van der Waals surface area (Å²) in [5.74, 6) is 0.728. The molecule has 0 saturated carbocycles. The van der Waals surface area contributed by atoms with Gasteiger partial charge >= 0.3 is 0 Å². The maximum atomic E-state index is 9.73. The zero-order valence-corrected chi connectivity index (χ0v) is 9.99. The number of nitriles is 1. The summed E-state index contributed by atoms with van der Waals surface area (Å²) in [5, 5.41) is 18.1. The van der Waals surface area contributed by atoms with Gasteiger partial charge in [-0.05, 0) is 40.0 Å². The Morgan fingerprint density at radius 1 is 1.60 bits per heavy atom. The lowest BCUT2D eigenvalue weighted by molar-refractivity contribution is 0.169. The van der Waals surface area contributed by atoms with E-state index in [1.165, 1.54) is 0 Å². The van der Waals surface area contributed by atoms with Gasteiger partial charge in [0.1, 0.15) is 5.75 Å². The monoisotopic (exact) mass is 269 g/mol. The topological polar surface area (TPSA) is 53.2 Å². The molecule has 15 heavy (non-hydrogen) atoms. The normalized spacial score (nSPS) is 11.9. The molecule has 0 fully saturated rings. The third-order valence-corrected chi connectivity index (χ3v) is 2.71. The molecule has 1 rings (SSSR count). The molecular formula is C11H12BrNO2. The number of benzene rings is 1. The second-order valence-corrected chi connectivity index (χ2v) is 3.96. The van der Waals surface area contributed by atoms with Crippen LogP contribution in [0.4, 0.5) is 0 Å². The first-order valence-electron chi connectivity index (χ1n) is 4.57. The molecule has 0 aliphatic carbocycles. The van der Waals surface area contributed by atoms with Gasteiger partial charge in [-0.25, -0.2) is 0 Å². The average molecular weight is 270 g/mol. The van der Waals surface area contributed by atoms with Crippen molar-refractivity contribution < 1.29 is 9.84 Å². The van der Waals surface area contributed by atoms with Crippen molar-refractivity contribution in [2.75, 3.05) is 7.11 Å². The lowest BCUT2D eigenvalue weighted by Gasteiger charge is -2.11. The second kappa shape index (κ2) is 5.74. The van der Waals surface area contributed by atoms with E-state index in [0.717, 1.165) is 15.8 Å². The van der Waals surface area contributed by atoms with Gasteiger partial charge in [0.25, 0.3) is 0 Å². The Balaban J connectivity index is 2.79. The Morgan fingerprint density at radius 3 is 2.87 bits per heavy atom. The number of aliphatic hydroxyl groups is 1. The number of hydrogen-bond donors (Lipinski definition) is 1. The lowest BCUT2D eigenvalue weighted by Crippen LogP contribution is -1.97. The Bertz CT molecular complexity index is 373. The molecule has 80 valence electrons. The van der Waals surface area contributed by atoms with E-state index in [9.17, 15) is 5.11 Å². The van der Waals surface area contributed by atoms with Crippen molar-refractivity contribution in [3.63, 3.8) is 0 Å². The predicted molar refractivity (Wildman–Crippen MR) is 60.5 cm³/mol. The summed E-state index contributed by atoms with van der Waals surface area (Å²) in [6, 6.07) is 7.40. The third kappa shape index (κ3) is 3.22. The lowest BCUT2D eigenvalue weighted by atomic mass is 10.1. The van der Waals surface area contributed by atoms with Crippen LogP contribution in [0.5, 0.6) is 5.75 Å². The van der Waals surface area contributed by atoms with E-state index in [1.54, 1.807) is 25.3 Å². The summed E-state index contributed by atoms with van der Waals surface area (Å²) in [7, 11) is 1.59. The molecule has 0 saturated heterocycles. The molecule has 0 bridgehead atoms. The molecule has 0 amide bonds. The predicted octanol–water partition coefficient (Wildman–Crippen LogP) is 2.79. The largest absolute Gasteiger partial charge is 0.496 e. The molecule has 0 aromatic heterocycles. The third-order valence-electron chi connectivity index (χ3n) is 2.09. The summed E-state index contributed by atoms with van der Waals surface area (Å²) >= 11 is 3.34. The first kappa shape index (κ1) is 12.0. The highest BCUT2D eigenvalue weighted by Crippen LogP contribution is 2.29. The van der Waals surface area contributed by atoms with Gasteiger partial charge in [0.05, 0.1) is 23.8 Å². The standard InChI is InChI=1S/C11H12BrNO2/c1-15-11-5-4-8(7-9(11)12)10(14)3-2-6-13/h4-5,7,10,14H,2-3H2,1H3. The number of rotatable bonds is 4. The van der Waals surface area contributed by atoms with Crippen molar-refractivity contribution >= 4 is 15.9 Å². The molecular weight excluding hydrogens is 258 g/mol. The molecule has 1 aromatic carbocycles. The second-order valence-electron chi connectivity index (χ2n) is 3.11. The molecule has 0 radical (unpaired) electrons. The molecule has 0 spiro atoms. The van der Waals surface area contributed by atoms with Crippen LogP contribution in [-0.4, -0.2) is 12.2 Å². The first-order valence-corrected chi connectivity index (χ1v) is 5.36. The van der Waals surface area contributed by atoms with Gasteiger partial charge in [-0.15, -0.1) is 0 Å². The van der Waals surface area contributed by atoms with Crippen molar-refractivity contribution in [3.8, 4) is 11.8 Å². The van der Waals surface area contributed by atoms with Crippen LogP contribution in [0.25, 0.3) is 0 Å². The van der Waals surface area contributed by atoms with Crippen molar-refractivity contribution in [2.24, 2.45) is 0 Å². The fourth-order valence-electron chi connectivity index (χ4n) is 1.26. The molecule has 3 nitrogen and oxygen atoms in total. The minimum absolute atomic E-state index is 0.352. The van der Waals surface area contributed by atoms with Crippen LogP contribution in [0, 0.1) is 11.3 Å². The SMILES string of the molecule is COc1ccc(C(O)CCC#N)cc1Br. The highest BCUT2D eigenvalue weighted by Gasteiger charge is 2.09. The summed E-state index contributed by atoms with van der Waals surface area (Å²) < 4.78 is 5.88. The van der Waals surface area contributed by atoms with Gasteiger partial charge in [0, 0.05) is 6.42 Å². The minimum atomic E-state index is -0.591. The zero-order chi connectivity index (χ0) is 11.3. The Hall–Kier alpha value is -1.05. The van der Waals surface area contributed by atoms with E-state index in [-0.39, 0.29) is 0 Å². The molecule has 1 aromatic rings. The molecule has 1 N–H and O–H groups in total. The smallest absolute Gasteiger partial charge is 0.133 e. The molecule has 0 heterocycles. The summed E-state index contributed by atoms with van der Waals surface area (Å²) in [6.45, 7) is 0. The summed E-state index contributed by atoms with van der Waals surface area (Å²) in [4.78, 5) is 0. The Labute approximate surface area is 97.4 Å². The van der Waals surface area contributed by atoms with Crippen LogP contribution < -0.4 is 4.74 Å². The van der Waals surface area contributed by atoms with E-state index in [2.05, 4.69) is 15.9 Å². The minimum Gasteiger partial charge on any atom is -0.496 e. The van der Waals surface area contributed by atoms with E-state index in [0.29, 0.717) is 12.8 Å². The Kier molecular flexibility index (Phi) is 4.60. The van der Waals surface area contributed by atoms with Gasteiger partial charge in [-0.2, -0.15) is 5.26 Å². The van der Waals surface area contributed by atoms with E-state index >= 15 is 0 Å². The molecule has 4 heteroatoms. The maximum Gasteiger partial charge on any atom is 0.133 e. The number of aliphatic hydroxyl groups excluding tert-OH is 1. The van der Waals surface area contributed by atoms with Crippen LogP contribution in [-0.2, 0) is 0 Å². The molecule has 0 aliphatic rings. The molecule has 1 atom stereocenters. The van der Waals surface area contributed by atoms with Gasteiger partial charge in [-0.3, -0.25) is 0 Å². The molecule has 0 aliphatic heterocycles. The van der Waals surface area contributed by atoms with Gasteiger partial charge in [0.2, 0.25) is 0 Å². The number of ether oxygens (including phenoxy) is 1. The summed E-state index contributed by atoms with van der Waals surface area (Å²) in [5.41, 5.74) is 0.790. The van der Waals surface area contributed by atoms with E-state index in [1.807, 2.05) is 6.07 Å². The number of nitrogens with zero attached hydrogens (tertiary/aromatic N) is 1. The van der Waals surface area contributed by atoms with Crippen molar-refractivity contribution in [1.82, 2.24) is 0 Å². The highest BCUT2D eigenvalue weighted by molar-refractivity contribution is 9.10. The number of methoxy groups -OCH3 is 1. The van der Waals surface area contributed by atoms with Crippen LogP contribution >= 0.6 is 15.9 Å². The molecule has 1 unspecified atom stereocenters. The quantitative estimate of drug-likeness (QED) is 0.915. The fraction of sp³-hybridized carbons (Fsp3) is 0.364. The zero-order valence-electron chi connectivity index (χ0n) is 8.40. The van der Waals surface area contributed by atoms with E-state index in [4.69, 9.17) is 10.00 Å². The Morgan fingerprint density at radius 2 is 2.33 bits per heavy atom. The van der Waals surface area contributed by atoms with Crippen LogP contribution in [0.2, 0.25) is 0 Å². The van der Waals surface area contributed by atoms with Crippen LogP contribution in [0.1, 0.15) is 24.5 Å². The summed E-state index contributed by atoms with van der Waals surface area (Å²) in [6.07, 6.45) is 0.215. The van der Waals surface area contributed by atoms with E-state index < -0.39 is 6.10 Å². The van der Waals surface area contributed by atoms with Crippen LogP contribution in [0.3, 0.4) is 0 Å². The van der Waals surface area contributed by atoms with Gasteiger partial charge in [0.15, 0.2) is 0 Å². The fourth-order valence-corrected chi connectivity index (χ4v) is 1.82. The van der Waals surface area contributed by atoms with Crippen molar-refractivity contribution in [2.45, 2.75) is 18.9 Å². The van der Waals surface area contributed by atoms with Gasteiger partial charge in [-0.1, -0.05) is 6.07 Å². The van der Waals surface area contributed by atoms with Crippen molar-refractivity contribution in [3.05, 3.63) is 28.2 Å². The average Bonchev–Trinajstić information content (AvgIpc) is 2.25. The maximum absolute atomic E-state index is 9.73.